The summed E-state index contributed by atoms with van der Waals surface area (Å²) in [5, 5.41) is 0. The minimum Gasteiger partial charge on any atom is -0.378 e. The minimum atomic E-state index is 0.801. The van der Waals surface area contributed by atoms with E-state index in [1.165, 1.54) is 0 Å². The van der Waals surface area contributed by atoms with E-state index in [4.69, 9.17) is 4.74 Å². The van der Waals surface area contributed by atoms with Gasteiger partial charge in [-0.05, 0) is 11.8 Å². The molecule has 4 heteroatoms. The second-order valence-electron chi connectivity index (χ2n) is 2.68. The summed E-state index contributed by atoms with van der Waals surface area (Å²) in [6.45, 7) is 5.37. The van der Waals surface area contributed by atoms with E-state index in [0.717, 1.165) is 31.2 Å². The van der Waals surface area contributed by atoms with E-state index >= 15 is 0 Å². The second-order valence-corrected chi connectivity index (χ2v) is 3.39. The maximum absolute atomic E-state index is 5.19. The Bertz CT molecular complexity index is 181. The molecule has 3 nitrogen and oxygen atoms in total. The van der Waals surface area contributed by atoms with Crippen molar-refractivity contribution in [3.05, 3.63) is 11.1 Å². The molecular formula is C8H14N2OS. The van der Waals surface area contributed by atoms with Gasteiger partial charge in [-0.2, -0.15) is 0 Å². The van der Waals surface area contributed by atoms with Crippen molar-refractivity contribution in [1.82, 2.24) is 4.90 Å². The van der Waals surface area contributed by atoms with Crippen LogP contribution in [0.1, 0.15) is 6.92 Å². The molecule has 0 aromatic rings. The molecule has 0 spiro atoms. The van der Waals surface area contributed by atoms with Crippen molar-refractivity contribution < 1.29 is 4.74 Å². The smallest absolute Gasteiger partial charge is 0.0906 e. The molecule has 1 aliphatic rings. The Balaban J connectivity index is 2.29. The van der Waals surface area contributed by atoms with E-state index in [1.807, 2.05) is 13.3 Å². The number of hydrogen-bond donors (Lipinski definition) is 1. The van der Waals surface area contributed by atoms with Gasteiger partial charge in [-0.15, -0.1) is 12.6 Å². The van der Waals surface area contributed by atoms with Crippen LogP contribution in [0.15, 0.2) is 16.1 Å². The molecule has 0 saturated carbocycles. The van der Waals surface area contributed by atoms with E-state index in [9.17, 15) is 0 Å². The van der Waals surface area contributed by atoms with Gasteiger partial charge in [0, 0.05) is 19.3 Å². The molecule has 0 aromatic heterocycles. The van der Waals surface area contributed by atoms with Gasteiger partial charge in [-0.25, -0.2) is 4.99 Å². The highest BCUT2D eigenvalue weighted by atomic mass is 32.1. The normalized spacial score (nSPS) is 20.5. The number of aliphatic imine (C=N–C) groups is 1. The molecule has 1 aliphatic heterocycles. The van der Waals surface area contributed by atoms with Crippen molar-refractivity contribution in [3.8, 4) is 0 Å². The highest BCUT2D eigenvalue weighted by molar-refractivity contribution is 7.84. The predicted molar refractivity (Wildman–Crippen MR) is 53.6 cm³/mol. The first-order valence-corrected chi connectivity index (χ1v) is 4.44. The van der Waals surface area contributed by atoms with E-state index in [-0.39, 0.29) is 0 Å². The zero-order valence-corrected chi connectivity index (χ0v) is 8.13. The fourth-order valence-electron chi connectivity index (χ4n) is 0.928. The lowest BCUT2D eigenvalue weighted by molar-refractivity contribution is 0.0701. The summed E-state index contributed by atoms with van der Waals surface area (Å²) >= 11 is 4.10. The summed E-state index contributed by atoms with van der Waals surface area (Å²) < 4.78 is 5.19. The maximum Gasteiger partial charge on any atom is 0.0906 e. The van der Waals surface area contributed by atoms with Gasteiger partial charge in [0.2, 0.25) is 0 Å². The molecule has 0 bridgehead atoms. The SMILES string of the molecule is C/C(S)=C/N=CN1CCOCC1. The second kappa shape index (κ2) is 5.22. The third-order valence-electron chi connectivity index (χ3n) is 1.54. The van der Waals surface area contributed by atoms with Crippen molar-refractivity contribution in [3.63, 3.8) is 0 Å². The molecule has 1 heterocycles. The Morgan fingerprint density at radius 3 is 2.75 bits per heavy atom. The Kier molecular flexibility index (Phi) is 4.18. The molecule has 0 N–H and O–H groups in total. The first-order valence-electron chi connectivity index (χ1n) is 4.00. The number of ether oxygens (including phenoxy) is 1. The molecule has 68 valence electrons. The molecule has 0 radical (unpaired) electrons. The van der Waals surface area contributed by atoms with Crippen molar-refractivity contribution >= 4 is 19.0 Å². The van der Waals surface area contributed by atoms with E-state index < -0.39 is 0 Å². The summed E-state index contributed by atoms with van der Waals surface area (Å²) in [6.07, 6.45) is 3.57. The molecule has 0 atom stereocenters. The monoisotopic (exact) mass is 186 g/mol. The molecule has 1 saturated heterocycles. The third-order valence-corrected chi connectivity index (χ3v) is 1.65. The van der Waals surface area contributed by atoms with Gasteiger partial charge in [0.15, 0.2) is 0 Å². The maximum atomic E-state index is 5.19. The van der Waals surface area contributed by atoms with Crippen LogP contribution in [-0.2, 0) is 4.74 Å². The number of allylic oxidation sites excluding steroid dienone is 1. The van der Waals surface area contributed by atoms with Crippen LogP contribution in [0.2, 0.25) is 0 Å². The molecule has 0 aliphatic carbocycles. The van der Waals surface area contributed by atoms with E-state index in [2.05, 4.69) is 22.5 Å². The fraction of sp³-hybridized carbons (Fsp3) is 0.625. The van der Waals surface area contributed by atoms with Gasteiger partial charge in [0.1, 0.15) is 0 Å². The standard InChI is InChI=1S/C8H14N2OS/c1-8(12)6-9-7-10-2-4-11-5-3-10/h6-7,12H,2-5H2,1H3/b8-6-,9-7?. The predicted octanol–water partition coefficient (Wildman–Crippen LogP) is 1.14. The summed E-state index contributed by atoms with van der Waals surface area (Å²) in [6, 6.07) is 0. The minimum absolute atomic E-state index is 0.801. The summed E-state index contributed by atoms with van der Waals surface area (Å²) in [5.74, 6) is 0. The van der Waals surface area contributed by atoms with Crippen LogP contribution in [0.5, 0.6) is 0 Å². The van der Waals surface area contributed by atoms with E-state index in [1.54, 1.807) is 6.20 Å². The van der Waals surface area contributed by atoms with Crippen LogP contribution in [0.25, 0.3) is 0 Å². The number of nitrogens with zero attached hydrogens (tertiary/aromatic N) is 2. The van der Waals surface area contributed by atoms with Gasteiger partial charge in [-0.3, -0.25) is 0 Å². The zero-order chi connectivity index (χ0) is 8.81. The summed E-state index contributed by atoms with van der Waals surface area (Å²) in [5.41, 5.74) is 0. The molecule has 0 amide bonds. The largest absolute Gasteiger partial charge is 0.378 e. The van der Waals surface area contributed by atoms with Gasteiger partial charge in [-0.1, -0.05) is 0 Å². The van der Waals surface area contributed by atoms with Gasteiger partial charge in [0.25, 0.3) is 0 Å². The third kappa shape index (κ3) is 3.78. The van der Waals surface area contributed by atoms with Crippen molar-refractivity contribution in [2.75, 3.05) is 26.3 Å². The average molecular weight is 186 g/mol. The summed E-state index contributed by atoms with van der Waals surface area (Å²) in [7, 11) is 0. The quantitative estimate of drug-likeness (QED) is 0.397. The lowest BCUT2D eigenvalue weighted by atomic mass is 10.5. The van der Waals surface area contributed by atoms with Gasteiger partial charge < -0.3 is 9.64 Å². The molecule has 0 unspecified atom stereocenters. The van der Waals surface area contributed by atoms with Crippen LogP contribution in [0, 0.1) is 0 Å². The average Bonchev–Trinajstić information content (AvgIpc) is 2.05. The Hall–Kier alpha value is -0.480. The Morgan fingerprint density at radius 1 is 1.50 bits per heavy atom. The van der Waals surface area contributed by atoms with Crippen molar-refractivity contribution in [2.24, 2.45) is 4.99 Å². The summed E-state index contributed by atoms with van der Waals surface area (Å²) in [4.78, 5) is 7.15. The van der Waals surface area contributed by atoms with Gasteiger partial charge >= 0.3 is 0 Å². The number of hydrogen-bond acceptors (Lipinski definition) is 3. The first kappa shape index (κ1) is 9.61. The zero-order valence-electron chi connectivity index (χ0n) is 7.23. The highest BCUT2D eigenvalue weighted by Crippen LogP contribution is 1.97. The Labute approximate surface area is 78.5 Å². The van der Waals surface area contributed by atoms with Crippen LogP contribution in [0.4, 0.5) is 0 Å². The molecule has 1 fully saturated rings. The van der Waals surface area contributed by atoms with Crippen molar-refractivity contribution in [2.45, 2.75) is 6.92 Å². The highest BCUT2D eigenvalue weighted by Gasteiger charge is 2.04. The number of morpholine rings is 1. The van der Waals surface area contributed by atoms with Crippen LogP contribution < -0.4 is 0 Å². The van der Waals surface area contributed by atoms with Crippen LogP contribution >= 0.6 is 12.6 Å². The molecule has 1 rings (SSSR count). The van der Waals surface area contributed by atoms with Crippen molar-refractivity contribution in [1.29, 1.82) is 0 Å². The fourth-order valence-corrected chi connectivity index (χ4v) is 0.995. The lowest BCUT2D eigenvalue weighted by Crippen LogP contribution is -2.34. The number of rotatable bonds is 2. The van der Waals surface area contributed by atoms with Gasteiger partial charge in [0.05, 0.1) is 19.6 Å². The number of thiol groups is 1. The topological polar surface area (TPSA) is 24.8 Å². The Morgan fingerprint density at radius 2 is 2.17 bits per heavy atom. The molecule has 0 aromatic carbocycles. The lowest BCUT2D eigenvalue weighted by Gasteiger charge is -2.23. The van der Waals surface area contributed by atoms with Crippen LogP contribution in [0.3, 0.4) is 0 Å². The van der Waals surface area contributed by atoms with E-state index in [0.29, 0.717) is 0 Å². The molecule has 12 heavy (non-hydrogen) atoms. The first-order chi connectivity index (χ1) is 5.79. The van der Waals surface area contributed by atoms with Crippen LogP contribution in [-0.4, -0.2) is 37.5 Å². The molecular weight excluding hydrogens is 172 g/mol.